The van der Waals surface area contributed by atoms with E-state index in [1.54, 1.807) is 19.1 Å². The highest BCUT2D eigenvalue weighted by molar-refractivity contribution is 5.44. The highest BCUT2D eigenvalue weighted by Gasteiger charge is 2.43. The van der Waals surface area contributed by atoms with Gasteiger partial charge >= 0.3 is 6.61 Å². The predicted molar refractivity (Wildman–Crippen MR) is 74.5 cm³/mol. The van der Waals surface area contributed by atoms with Gasteiger partial charge in [-0.15, -0.1) is 0 Å². The molecule has 0 amide bonds. The lowest BCUT2D eigenvalue weighted by atomic mass is 9.63. The zero-order valence-electron chi connectivity index (χ0n) is 12.0. The molecule has 0 radical (unpaired) electrons. The van der Waals surface area contributed by atoms with Crippen molar-refractivity contribution in [1.82, 2.24) is 0 Å². The van der Waals surface area contributed by atoms with E-state index in [1.165, 1.54) is 6.07 Å². The van der Waals surface area contributed by atoms with Crippen LogP contribution in [0.1, 0.15) is 37.9 Å². The molecule has 0 bridgehead atoms. The minimum atomic E-state index is -2.91. The van der Waals surface area contributed by atoms with Crippen molar-refractivity contribution in [3.05, 3.63) is 23.8 Å². The fourth-order valence-corrected chi connectivity index (χ4v) is 2.73. The summed E-state index contributed by atoms with van der Waals surface area (Å²) in [6.45, 7) is -0.445. The molecule has 0 aromatic heterocycles. The van der Waals surface area contributed by atoms with Crippen LogP contribution in [0.4, 0.5) is 8.78 Å². The largest absolute Gasteiger partial charge is 0.490 e. The van der Waals surface area contributed by atoms with Crippen molar-refractivity contribution in [2.45, 2.75) is 38.9 Å². The molecular weight excluding hydrogens is 280 g/mol. The van der Waals surface area contributed by atoms with Crippen LogP contribution in [0, 0.1) is 5.41 Å². The molecular formula is C15H21F2NO3. The predicted octanol–water partition coefficient (Wildman–Crippen LogP) is 2.85. The van der Waals surface area contributed by atoms with Gasteiger partial charge in [-0.1, -0.05) is 12.5 Å². The number of benzene rings is 1. The highest BCUT2D eigenvalue weighted by atomic mass is 19.3. The second-order valence-electron chi connectivity index (χ2n) is 5.34. The summed E-state index contributed by atoms with van der Waals surface area (Å²) >= 11 is 0. The Balaban J connectivity index is 2.26. The lowest BCUT2D eigenvalue weighted by molar-refractivity contribution is -0.0517. The number of hydrogen-bond donors (Lipinski definition) is 2. The number of halogens is 2. The second-order valence-corrected chi connectivity index (χ2v) is 5.34. The smallest absolute Gasteiger partial charge is 0.387 e. The number of alkyl halides is 2. The molecule has 21 heavy (non-hydrogen) atoms. The van der Waals surface area contributed by atoms with Crippen molar-refractivity contribution >= 4 is 0 Å². The van der Waals surface area contributed by atoms with Gasteiger partial charge in [-0.05, 0) is 37.5 Å². The van der Waals surface area contributed by atoms with Gasteiger partial charge < -0.3 is 20.3 Å². The second kappa shape index (κ2) is 6.58. The molecule has 1 fully saturated rings. The normalized spacial score (nSPS) is 18.2. The number of nitrogens with two attached hydrogens (primary N) is 1. The van der Waals surface area contributed by atoms with Crippen LogP contribution < -0.4 is 15.2 Å². The quantitative estimate of drug-likeness (QED) is 0.813. The van der Waals surface area contributed by atoms with E-state index >= 15 is 0 Å². The Morgan fingerprint density at radius 2 is 2.05 bits per heavy atom. The maximum absolute atomic E-state index is 12.4. The molecule has 1 atom stereocenters. The van der Waals surface area contributed by atoms with Crippen LogP contribution in [0.2, 0.25) is 0 Å². The molecule has 1 aromatic rings. The number of hydrogen-bond acceptors (Lipinski definition) is 4. The molecule has 6 heteroatoms. The third kappa shape index (κ3) is 3.27. The summed E-state index contributed by atoms with van der Waals surface area (Å²) in [5.74, 6) is 0.180. The Morgan fingerprint density at radius 3 is 2.52 bits per heavy atom. The van der Waals surface area contributed by atoms with Crippen molar-refractivity contribution in [3.63, 3.8) is 0 Å². The van der Waals surface area contributed by atoms with E-state index in [0.29, 0.717) is 18.7 Å². The van der Waals surface area contributed by atoms with Crippen molar-refractivity contribution in [2.75, 3.05) is 13.2 Å². The van der Waals surface area contributed by atoms with Gasteiger partial charge in [0.05, 0.1) is 12.7 Å². The fourth-order valence-electron chi connectivity index (χ4n) is 2.73. The standard InChI is InChI=1S/C15H21F2NO3/c1-2-20-12-8-10(4-5-11(12)21-14(16)17)13(19)15(9-18)6-3-7-15/h4-5,8,13-14,19H,2-3,6-7,9,18H2,1H3. The van der Waals surface area contributed by atoms with Gasteiger partial charge in [-0.3, -0.25) is 0 Å². The first-order valence-electron chi connectivity index (χ1n) is 7.12. The number of ether oxygens (including phenoxy) is 2. The van der Waals surface area contributed by atoms with Crippen LogP contribution in [0.25, 0.3) is 0 Å². The van der Waals surface area contributed by atoms with Crippen molar-refractivity contribution in [1.29, 1.82) is 0 Å². The molecule has 0 heterocycles. The molecule has 3 N–H and O–H groups in total. The molecule has 1 aliphatic rings. The van der Waals surface area contributed by atoms with Crippen molar-refractivity contribution in [3.8, 4) is 11.5 Å². The molecule has 118 valence electrons. The van der Waals surface area contributed by atoms with Crippen LogP contribution in [-0.4, -0.2) is 24.9 Å². The van der Waals surface area contributed by atoms with Crippen LogP contribution in [0.5, 0.6) is 11.5 Å². The Morgan fingerprint density at radius 1 is 1.33 bits per heavy atom. The Kier molecular flexibility index (Phi) is 5.00. The van der Waals surface area contributed by atoms with Gasteiger partial charge in [0.15, 0.2) is 11.5 Å². The molecule has 0 spiro atoms. The summed E-state index contributed by atoms with van der Waals surface area (Å²) in [5, 5.41) is 10.5. The third-order valence-electron chi connectivity index (χ3n) is 4.14. The van der Waals surface area contributed by atoms with Gasteiger partial charge in [-0.25, -0.2) is 0 Å². The monoisotopic (exact) mass is 301 g/mol. The fraction of sp³-hybridized carbons (Fsp3) is 0.600. The van der Waals surface area contributed by atoms with Crippen LogP contribution in [0.3, 0.4) is 0 Å². The van der Waals surface area contributed by atoms with Gasteiger partial charge in [0.2, 0.25) is 0 Å². The zero-order valence-corrected chi connectivity index (χ0v) is 12.0. The zero-order chi connectivity index (χ0) is 15.5. The first-order chi connectivity index (χ1) is 10.0. The van der Waals surface area contributed by atoms with Crippen molar-refractivity contribution in [2.24, 2.45) is 11.1 Å². The summed E-state index contributed by atoms with van der Waals surface area (Å²) in [6.07, 6.45) is 2.04. The summed E-state index contributed by atoms with van der Waals surface area (Å²) < 4.78 is 34.5. The van der Waals surface area contributed by atoms with Gasteiger partial charge in [0.1, 0.15) is 0 Å². The van der Waals surface area contributed by atoms with E-state index in [-0.39, 0.29) is 16.9 Å². The van der Waals surface area contributed by atoms with Gasteiger partial charge in [0, 0.05) is 12.0 Å². The summed E-state index contributed by atoms with van der Waals surface area (Å²) in [5.41, 5.74) is 6.09. The molecule has 4 nitrogen and oxygen atoms in total. The Hall–Kier alpha value is -1.40. The summed E-state index contributed by atoms with van der Waals surface area (Å²) in [4.78, 5) is 0. The first-order valence-corrected chi connectivity index (χ1v) is 7.12. The average Bonchev–Trinajstić information content (AvgIpc) is 2.39. The van der Waals surface area contributed by atoms with Gasteiger partial charge in [0.25, 0.3) is 0 Å². The summed E-state index contributed by atoms with van der Waals surface area (Å²) in [7, 11) is 0. The molecule has 1 saturated carbocycles. The van der Waals surface area contributed by atoms with E-state index in [1.807, 2.05) is 0 Å². The van der Waals surface area contributed by atoms with Crippen LogP contribution in [-0.2, 0) is 0 Å². The maximum atomic E-state index is 12.4. The first kappa shape index (κ1) is 16.0. The Labute approximate surface area is 122 Å². The van der Waals surface area contributed by atoms with E-state index in [0.717, 1.165) is 19.3 Å². The average molecular weight is 301 g/mol. The topological polar surface area (TPSA) is 64.7 Å². The van der Waals surface area contributed by atoms with E-state index in [9.17, 15) is 13.9 Å². The number of rotatable bonds is 7. The lowest BCUT2D eigenvalue weighted by Gasteiger charge is -2.45. The minimum Gasteiger partial charge on any atom is -0.490 e. The van der Waals surface area contributed by atoms with Crippen molar-refractivity contribution < 1.29 is 23.4 Å². The molecule has 0 aliphatic heterocycles. The molecule has 2 rings (SSSR count). The molecule has 1 unspecified atom stereocenters. The molecule has 1 aliphatic carbocycles. The van der Waals surface area contributed by atoms with Crippen LogP contribution in [0.15, 0.2) is 18.2 Å². The van der Waals surface area contributed by atoms with E-state index in [4.69, 9.17) is 10.5 Å². The summed E-state index contributed by atoms with van der Waals surface area (Å²) in [6, 6.07) is 4.54. The SMILES string of the molecule is CCOc1cc(C(O)C2(CN)CCC2)ccc1OC(F)F. The third-order valence-corrected chi connectivity index (χ3v) is 4.14. The van der Waals surface area contributed by atoms with Gasteiger partial charge in [-0.2, -0.15) is 8.78 Å². The minimum absolute atomic E-state index is 0.0294. The van der Waals surface area contributed by atoms with Crippen LogP contribution >= 0.6 is 0 Å². The lowest BCUT2D eigenvalue weighted by Crippen LogP contribution is -2.42. The van der Waals surface area contributed by atoms with E-state index in [2.05, 4.69) is 4.74 Å². The molecule has 1 aromatic carbocycles. The maximum Gasteiger partial charge on any atom is 0.387 e. The molecule has 0 saturated heterocycles. The highest BCUT2D eigenvalue weighted by Crippen LogP contribution is 2.50. The number of aliphatic hydroxyl groups is 1. The van der Waals surface area contributed by atoms with E-state index < -0.39 is 12.7 Å². The Bertz CT molecular complexity index is 472. The number of aliphatic hydroxyl groups excluding tert-OH is 1.